The number of nitrogens with zero attached hydrogens (tertiary/aromatic N) is 2. The van der Waals surface area contributed by atoms with Crippen molar-refractivity contribution < 1.29 is 23.0 Å². The number of aromatic nitrogens is 1. The van der Waals surface area contributed by atoms with E-state index in [1.165, 1.54) is 12.3 Å². The summed E-state index contributed by atoms with van der Waals surface area (Å²) in [6, 6.07) is 1.22. The summed E-state index contributed by atoms with van der Waals surface area (Å²) in [6.07, 6.45) is 3.67. The Kier molecular flexibility index (Phi) is 6.50. The largest absolute Gasteiger partial charge is 0.491 e. The molecule has 1 aromatic heterocycles. The van der Waals surface area contributed by atoms with Crippen LogP contribution in [0.3, 0.4) is 0 Å². The Morgan fingerprint density at radius 3 is 2.81 bits per heavy atom. The number of nitrogens with one attached hydrogen (secondary N) is 1. The van der Waals surface area contributed by atoms with Crippen LogP contribution in [0.25, 0.3) is 0 Å². The van der Waals surface area contributed by atoms with Gasteiger partial charge in [-0.1, -0.05) is 23.2 Å². The van der Waals surface area contributed by atoms with Crippen LogP contribution in [0.15, 0.2) is 18.3 Å². The highest BCUT2D eigenvalue weighted by atomic mass is 35.5. The van der Waals surface area contributed by atoms with Crippen LogP contribution in [0, 0.1) is 11.8 Å². The SMILES string of the molecule is COCCCOc1cnc(F)c2c1C1CCC(C2)N1C(=O)Nc1cc(Cl)c(Cl)cc1F. The van der Waals surface area contributed by atoms with Gasteiger partial charge in [-0.2, -0.15) is 4.39 Å². The number of benzene rings is 1. The van der Waals surface area contributed by atoms with E-state index in [4.69, 9.17) is 32.7 Å². The molecule has 2 aromatic rings. The Labute approximate surface area is 188 Å². The average molecular weight is 472 g/mol. The highest BCUT2D eigenvalue weighted by Crippen LogP contribution is 2.48. The first kappa shape index (κ1) is 22.0. The number of hydrogen-bond acceptors (Lipinski definition) is 4. The summed E-state index contributed by atoms with van der Waals surface area (Å²) in [5.74, 6) is -0.784. The third-order valence-corrected chi connectivity index (χ3v) is 6.37. The molecule has 0 radical (unpaired) electrons. The van der Waals surface area contributed by atoms with Gasteiger partial charge in [0.2, 0.25) is 5.95 Å². The Bertz CT molecular complexity index is 1010. The molecule has 2 amide bonds. The molecule has 2 unspecified atom stereocenters. The zero-order chi connectivity index (χ0) is 22.1. The molecule has 2 aliphatic heterocycles. The molecule has 2 atom stereocenters. The number of amides is 2. The first-order chi connectivity index (χ1) is 14.9. The molecule has 166 valence electrons. The van der Waals surface area contributed by atoms with Gasteiger partial charge in [0.25, 0.3) is 0 Å². The Balaban J connectivity index is 1.60. The van der Waals surface area contributed by atoms with Crippen molar-refractivity contribution in [3.8, 4) is 5.75 Å². The van der Waals surface area contributed by atoms with E-state index in [1.807, 2.05) is 0 Å². The number of carbonyl (C=O) groups is 1. The summed E-state index contributed by atoms with van der Waals surface area (Å²) < 4.78 is 39.6. The van der Waals surface area contributed by atoms with E-state index in [-0.39, 0.29) is 21.8 Å². The molecule has 1 saturated heterocycles. The van der Waals surface area contributed by atoms with Crippen molar-refractivity contribution in [2.75, 3.05) is 25.6 Å². The molecule has 1 N–H and O–H groups in total. The van der Waals surface area contributed by atoms with E-state index in [0.29, 0.717) is 55.8 Å². The number of carbonyl (C=O) groups excluding carboxylic acids is 1. The summed E-state index contributed by atoms with van der Waals surface area (Å²) in [6.45, 7) is 0.913. The smallest absolute Gasteiger partial charge is 0.322 e. The number of halogens is 4. The van der Waals surface area contributed by atoms with Crippen LogP contribution in [0.2, 0.25) is 10.0 Å². The maximum absolute atomic E-state index is 14.5. The van der Waals surface area contributed by atoms with Gasteiger partial charge in [-0.05, 0) is 31.4 Å². The topological polar surface area (TPSA) is 63.7 Å². The predicted octanol–water partition coefficient (Wildman–Crippen LogP) is 5.38. The third-order valence-electron chi connectivity index (χ3n) is 5.65. The minimum absolute atomic E-state index is 0.0578. The van der Waals surface area contributed by atoms with Gasteiger partial charge in [0, 0.05) is 37.3 Å². The molecule has 0 aliphatic carbocycles. The highest BCUT2D eigenvalue weighted by Gasteiger charge is 2.45. The summed E-state index contributed by atoms with van der Waals surface area (Å²) >= 11 is 11.8. The van der Waals surface area contributed by atoms with Gasteiger partial charge in [-0.25, -0.2) is 14.2 Å². The van der Waals surface area contributed by atoms with Crippen molar-refractivity contribution >= 4 is 34.9 Å². The van der Waals surface area contributed by atoms with Crippen molar-refractivity contribution in [2.45, 2.75) is 37.8 Å². The summed E-state index contributed by atoms with van der Waals surface area (Å²) in [5.41, 5.74) is 1.03. The lowest BCUT2D eigenvalue weighted by molar-refractivity contribution is 0.165. The number of fused-ring (bicyclic) bond motifs is 4. The number of rotatable bonds is 6. The number of ether oxygens (including phenoxy) is 2. The Hall–Kier alpha value is -2.16. The van der Waals surface area contributed by atoms with E-state index >= 15 is 0 Å². The molecule has 2 aliphatic rings. The maximum Gasteiger partial charge on any atom is 0.322 e. The van der Waals surface area contributed by atoms with Crippen molar-refractivity contribution in [1.29, 1.82) is 0 Å². The fraction of sp³-hybridized carbons (Fsp3) is 0.429. The lowest BCUT2D eigenvalue weighted by Gasteiger charge is -2.37. The first-order valence-corrected chi connectivity index (χ1v) is 10.7. The van der Waals surface area contributed by atoms with E-state index in [1.54, 1.807) is 12.0 Å². The van der Waals surface area contributed by atoms with Crippen molar-refractivity contribution in [1.82, 2.24) is 9.88 Å². The molecule has 3 heterocycles. The van der Waals surface area contributed by atoms with Gasteiger partial charge < -0.3 is 19.7 Å². The van der Waals surface area contributed by atoms with E-state index in [0.717, 1.165) is 6.07 Å². The Morgan fingerprint density at radius 2 is 2.03 bits per heavy atom. The molecule has 31 heavy (non-hydrogen) atoms. The lowest BCUT2D eigenvalue weighted by Crippen LogP contribution is -2.44. The number of hydrogen-bond donors (Lipinski definition) is 1. The fourth-order valence-corrected chi connectivity index (χ4v) is 4.60. The van der Waals surface area contributed by atoms with Crippen LogP contribution in [-0.4, -0.2) is 42.3 Å². The maximum atomic E-state index is 14.5. The van der Waals surface area contributed by atoms with E-state index in [2.05, 4.69) is 10.3 Å². The summed E-state index contributed by atoms with van der Waals surface area (Å²) in [5, 5.41) is 2.76. The second-order valence-electron chi connectivity index (χ2n) is 7.53. The molecule has 2 bridgehead atoms. The molecular weight excluding hydrogens is 451 g/mol. The number of anilines is 1. The quantitative estimate of drug-likeness (QED) is 0.349. The van der Waals surface area contributed by atoms with Crippen LogP contribution in [-0.2, 0) is 11.2 Å². The standard InChI is InChI=1S/C21H21Cl2F2N3O3/c1-30-5-2-6-31-18-10-26-20(25)12-7-11-3-4-17(19(12)18)28(11)21(29)27-16-9-14(23)13(22)8-15(16)24/h8-11,17H,2-7H2,1H3,(H,27,29). The van der Waals surface area contributed by atoms with Crippen LogP contribution in [0.4, 0.5) is 19.3 Å². The van der Waals surface area contributed by atoms with Crippen molar-refractivity contribution in [3.05, 3.63) is 51.3 Å². The first-order valence-electron chi connectivity index (χ1n) is 9.93. The predicted molar refractivity (Wildman–Crippen MR) is 113 cm³/mol. The number of urea groups is 1. The van der Waals surface area contributed by atoms with Gasteiger partial charge in [0.15, 0.2) is 0 Å². The van der Waals surface area contributed by atoms with Crippen LogP contribution in [0.1, 0.15) is 36.4 Å². The molecule has 1 fully saturated rings. The van der Waals surface area contributed by atoms with Gasteiger partial charge in [-0.3, -0.25) is 0 Å². The zero-order valence-electron chi connectivity index (χ0n) is 16.8. The highest BCUT2D eigenvalue weighted by molar-refractivity contribution is 6.42. The van der Waals surface area contributed by atoms with E-state index in [9.17, 15) is 13.6 Å². The second-order valence-corrected chi connectivity index (χ2v) is 8.35. The molecule has 10 heteroatoms. The fourth-order valence-electron chi connectivity index (χ4n) is 4.29. The van der Waals surface area contributed by atoms with Gasteiger partial charge >= 0.3 is 6.03 Å². The normalized spacial score (nSPS) is 19.3. The van der Waals surface area contributed by atoms with Crippen LogP contribution >= 0.6 is 23.2 Å². The minimum Gasteiger partial charge on any atom is -0.491 e. The Morgan fingerprint density at radius 1 is 1.26 bits per heavy atom. The third kappa shape index (κ3) is 4.29. The van der Waals surface area contributed by atoms with Crippen molar-refractivity contribution in [2.24, 2.45) is 0 Å². The lowest BCUT2D eigenvalue weighted by atomic mass is 9.94. The zero-order valence-corrected chi connectivity index (χ0v) is 18.3. The molecule has 0 spiro atoms. The second kappa shape index (κ2) is 9.14. The van der Waals surface area contributed by atoms with Crippen LogP contribution in [0.5, 0.6) is 5.75 Å². The number of pyridine rings is 1. The molecule has 0 saturated carbocycles. The molecule has 4 rings (SSSR count). The summed E-state index contributed by atoms with van der Waals surface area (Å²) in [4.78, 5) is 18.6. The average Bonchev–Trinajstić information content (AvgIpc) is 3.05. The van der Waals surface area contributed by atoms with Gasteiger partial charge in [0.1, 0.15) is 11.6 Å². The van der Waals surface area contributed by atoms with E-state index < -0.39 is 23.8 Å². The number of methoxy groups -OCH3 is 1. The minimum atomic E-state index is -0.690. The van der Waals surface area contributed by atoms with Gasteiger partial charge in [0.05, 0.1) is 34.6 Å². The monoisotopic (exact) mass is 471 g/mol. The van der Waals surface area contributed by atoms with Crippen molar-refractivity contribution in [3.63, 3.8) is 0 Å². The van der Waals surface area contributed by atoms with Crippen LogP contribution < -0.4 is 10.1 Å². The van der Waals surface area contributed by atoms with Gasteiger partial charge in [-0.15, -0.1) is 0 Å². The molecule has 6 nitrogen and oxygen atoms in total. The molecular formula is C21H21Cl2F2N3O3. The summed E-state index contributed by atoms with van der Waals surface area (Å²) in [7, 11) is 1.60. The molecule has 1 aromatic carbocycles.